The van der Waals surface area contributed by atoms with Crippen molar-refractivity contribution in [1.82, 2.24) is 5.32 Å². The predicted octanol–water partition coefficient (Wildman–Crippen LogP) is 2.11. The molecule has 1 aliphatic carbocycles. The molecule has 0 spiro atoms. The zero-order valence-corrected chi connectivity index (χ0v) is 9.23. The van der Waals surface area contributed by atoms with E-state index in [1.54, 1.807) is 0 Å². The van der Waals surface area contributed by atoms with Crippen LogP contribution in [0.25, 0.3) is 0 Å². The maximum Gasteiger partial charge on any atom is 0.156 e. The van der Waals surface area contributed by atoms with E-state index >= 15 is 0 Å². The number of rotatable bonds is 2. The average molecular weight is 198 g/mol. The Morgan fingerprint density at radius 3 is 2.85 bits per heavy atom. The van der Waals surface area contributed by atoms with Crippen LogP contribution in [-0.2, 0) is 0 Å². The van der Waals surface area contributed by atoms with E-state index < -0.39 is 0 Å². The molecule has 0 amide bonds. The van der Waals surface area contributed by atoms with Gasteiger partial charge in [-0.3, -0.25) is 4.99 Å². The summed E-state index contributed by atoms with van der Waals surface area (Å²) in [6.07, 6.45) is 2.81. The van der Waals surface area contributed by atoms with E-state index in [0.29, 0.717) is 6.04 Å². The average Bonchev–Trinajstić information content (AvgIpc) is 2.91. The number of nitrogens with one attached hydrogen (secondary N) is 1. The Morgan fingerprint density at radius 1 is 1.54 bits per heavy atom. The van der Waals surface area contributed by atoms with Crippen molar-refractivity contribution in [3.63, 3.8) is 0 Å². The zero-order chi connectivity index (χ0) is 9.26. The molecule has 2 atom stereocenters. The fourth-order valence-electron chi connectivity index (χ4n) is 1.55. The number of hydrogen-bond acceptors (Lipinski definition) is 3. The summed E-state index contributed by atoms with van der Waals surface area (Å²) in [4.78, 5) is 4.53. The molecule has 0 aromatic rings. The predicted molar refractivity (Wildman–Crippen MR) is 59.2 cm³/mol. The van der Waals surface area contributed by atoms with Crippen LogP contribution >= 0.6 is 11.8 Å². The third-order valence-corrected chi connectivity index (χ3v) is 3.99. The van der Waals surface area contributed by atoms with Crippen molar-refractivity contribution in [2.75, 3.05) is 12.3 Å². The second kappa shape index (κ2) is 3.91. The zero-order valence-electron chi connectivity index (χ0n) is 8.42. The van der Waals surface area contributed by atoms with Gasteiger partial charge in [0.05, 0.1) is 0 Å². The molecular formula is C10H18N2S. The molecule has 0 bridgehead atoms. The minimum Gasteiger partial charge on any atom is -0.362 e. The smallest absolute Gasteiger partial charge is 0.156 e. The molecule has 0 aromatic carbocycles. The van der Waals surface area contributed by atoms with Gasteiger partial charge in [-0.2, -0.15) is 0 Å². The fraction of sp³-hybridized carbons (Fsp3) is 0.900. The molecule has 1 aliphatic heterocycles. The van der Waals surface area contributed by atoms with Crippen LogP contribution in [0.15, 0.2) is 4.99 Å². The lowest BCUT2D eigenvalue weighted by Crippen LogP contribution is -2.34. The minimum atomic E-state index is 0.639. The summed E-state index contributed by atoms with van der Waals surface area (Å²) in [5, 5.41) is 4.69. The normalized spacial score (nSPS) is 30.9. The first-order chi connectivity index (χ1) is 6.25. The monoisotopic (exact) mass is 198 g/mol. The topological polar surface area (TPSA) is 24.4 Å². The lowest BCUT2D eigenvalue weighted by Gasteiger charge is -2.21. The van der Waals surface area contributed by atoms with Crippen LogP contribution in [0.4, 0.5) is 0 Å². The molecule has 2 nitrogen and oxygen atoms in total. The van der Waals surface area contributed by atoms with Crippen molar-refractivity contribution in [1.29, 1.82) is 0 Å². The molecule has 1 heterocycles. The van der Waals surface area contributed by atoms with Gasteiger partial charge in [0.15, 0.2) is 5.17 Å². The number of nitrogens with zero attached hydrogens (tertiary/aromatic N) is 1. The Hall–Kier alpha value is -0.180. The minimum absolute atomic E-state index is 0.639. The molecule has 0 aromatic heterocycles. The van der Waals surface area contributed by atoms with Gasteiger partial charge < -0.3 is 5.32 Å². The molecule has 1 N–H and O–H groups in total. The van der Waals surface area contributed by atoms with Crippen molar-refractivity contribution < 1.29 is 0 Å². The molecule has 1 fully saturated rings. The van der Waals surface area contributed by atoms with Gasteiger partial charge in [0.1, 0.15) is 0 Å². The van der Waals surface area contributed by atoms with E-state index in [2.05, 4.69) is 24.2 Å². The first-order valence-electron chi connectivity index (χ1n) is 5.19. The molecule has 2 unspecified atom stereocenters. The standard InChI is InChI=1S/C10H18N2S/c1-7-5-11-10(13-6-7)12-8(2)9-3-4-9/h7-9H,3-6H2,1-2H3,(H,11,12). The first kappa shape index (κ1) is 9.38. The van der Waals surface area contributed by atoms with Gasteiger partial charge in [-0.15, -0.1) is 0 Å². The van der Waals surface area contributed by atoms with Gasteiger partial charge in [-0.25, -0.2) is 0 Å². The van der Waals surface area contributed by atoms with E-state index in [1.165, 1.54) is 23.8 Å². The Kier molecular flexibility index (Phi) is 2.82. The Labute approximate surface area is 84.6 Å². The fourth-order valence-corrected chi connectivity index (χ4v) is 2.54. The van der Waals surface area contributed by atoms with Crippen molar-refractivity contribution in [3.05, 3.63) is 0 Å². The molecule has 3 heteroatoms. The highest BCUT2D eigenvalue weighted by Crippen LogP contribution is 2.32. The van der Waals surface area contributed by atoms with Crippen molar-refractivity contribution in [2.45, 2.75) is 32.7 Å². The van der Waals surface area contributed by atoms with Gasteiger partial charge in [0.2, 0.25) is 0 Å². The molecule has 74 valence electrons. The third-order valence-electron chi connectivity index (χ3n) is 2.73. The Bertz CT molecular complexity index is 211. The largest absolute Gasteiger partial charge is 0.362 e. The van der Waals surface area contributed by atoms with Crippen LogP contribution in [0.2, 0.25) is 0 Å². The van der Waals surface area contributed by atoms with Crippen LogP contribution in [0.5, 0.6) is 0 Å². The molecule has 2 aliphatic rings. The second-order valence-corrected chi connectivity index (χ2v) is 5.34. The van der Waals surface area contributed by atoms with E-state index in [4.69, 9.17) is 0 Å². The van der Waals surface area contributed by atoms with E-state index in [1.807, 2.05) is 11.8 Å². The molecule has 2 rings (SSSR count). The highest BCUT2D eigenvalue weighted by Gasteiger charge is 2.28. The van der Waals surface area contributed by atoms with Crippen molar-refractivity contribution in [3.8, 4) is 0 Å². The summed E-state index contributed by atoms with van der Waals surface area (Å²) in [6, 6.07) is 0.639. The van der Waals surface area contributed by atoms with Crippen molar-refractivity contribution >= 4 is 16.9 Å². The number of aliphatic imine (C=N–C) groups is 1. The summed E-state index contributed by atoms with van der Waals surface area (Å²) in [5.74, 6) is 2.90. The molecular weight excluding hydrogens is 180 g/mol. The van der Waals surface area contributed by atoms with Crippen LogP contribution in [0.1, 0.15) is 26.7 Å². The Morgan fingerprint density at radius 2 is 2.31 bits per heavy atom. The van der Waals surface area contributed by atoms with Gasteiger partial charge in [0, 0.05) is 18.3 Å². The molecule has 0 saturated heterocycles. The Balaban J connectivity index is 1.80. The van der Waals surface area contributed by atoms with Gasteiger partial charge in [0.25, 0.3) is 0 Å². The highest BCUT2D eigenvalue weighted by atomic mass is 32.2. The number of thioether (sulfide) groups is 1. The van der Waals surface area contributed by atoms with Crippen LogP contribution < -0.4 is 5.32 Å². The van der Waals surface area contributed by atoms with Gasteiger partial charge in [-0.05, 0) is 31.6 Å². The summed E-state index contributed by atoms with van der Waals surface area (Å²) < 4.78 is 0. The maximum atomic E-state index is 4.53. The van der Waals surface area contributed by atoms with Crippen LogP contribution in [0.3, 0.4) is 0 Å². The quantitative estimate of drug-likeness (QED) is 0.735. The van der Waals surface area contributed by atoms with Crippen LogP contribution in [-0.4, -0.2) is 23.5 Å². The molecule has 13 heavy (non-hydrogen) atoms. The van der Waals surface area contributed by atoms with E-state index in [9.17, 15) is 0 Å². The first-order valence-corrected chi connectivity index (χ1v) is 6.18. The third kappa shape index (κ3) is 2.63. The maximum absolute atomic E-state index is 4.53. The molecule has 1 saturated carbocycles. The SMILES string of the molecule is CC1CN=C(NC(C)C2CC2)SC1. The second-order valence-electron chi connectivity index (χ2n) is 4.33. The lowest BCUT2D eigenvalue weighted by atomic mass is 10.2. The number of hydrogen-bond donors (Lipinski definition) is 1. The lowest BCUT2D eigenvalue weighted by molar-refractivity contribution is 0.585. The summed E-state index contributed by atoms with van der Waals surface area (Å²) in [5.41, 5.74) is 0. The summed E-state index contributed by atoms with van der Waals surface area (Å²) in [6.45, 7) is 5.54. The van der Waals surface area contributed by atoms with Gasteiger partial charge >= 0.3 is 0 Å². The summed E-state index contributed by atoms with van der Waals surface area (Å²) in [7, 11) is 0. The van der Waals surface area contributed by atoms with Crippen molar-refractivity contribution in [2.24, 2.45) is 16.8 Å². The summed E-state index contributed by atoms with van der Waals surface area (Å²) >= 11 is 1.88. The van der Waals surface area contributed by atoms with Gasteiger partial charge in [-0.1, -0.05) is 18.7 Å². The molecule has 0 radical (unpaired) electrons. The van der Waals surface area contributed by atoms with E-state index in [0.717, 1.165) is 18.4 Å². The van der Waals surface area contributed by atoms with E-state index in [-0.39, 0.29) is 0 Å². The highest BCUT2D eigenvalue weighted by molar-refractivity contribution is 8.13. The van der Waals surface area contributed by atoms with Crippen LogP contribution in [0, 0.1) is 11.8 Å². The number of amidine groups is 1.